The molecule has 1 heterocycles. The fourth-order valence-electron chi connectivity index (χ4n) is 2.98. The predicted octanol–water partition coefficient (Wildman–Crippen LogP) is 2.29. The molecule has 0 aliphatic carbocycles. The van der Waals surface area contributed by atoms with Crippen molar-refractivity contribution in [2.24, 2.45) is 0 Å². The molecule has 1 saturated heterocycles. The number of ether oxygens (including phenoxy) is 1. The Labute approximate surface area is 143 Å². The first-order chi connectivity index (χ1) is 10.9. The summed E-state index contributed by atoms with van der Waals surface area (Å²) in [6.07, 6.45) is 2.02. The quantitative estimate of drug-likeness (QED) is 0.876. The summed E-state index contributed by atoms with van der Waals surface area (Å²) in [5.74, 6) is -0.298. The highest BCUT2D eigenvalue weighted by atomic mass is 32.2. The van der Waals surface area contributed by atoms with Gasteiger partial charge in [0.25, 0.3) is 0 Å². The smallest absolute Gasteiger partial charge is 0.347 e. The van der Waals surface area contributed by atoms with E-state index in [0.717, 1.165) is 23.1 Å². The van der Waals surface area contributed by atoms with E-state index in [1.54, 1.807) is 0 Å². The summed E-state index contributed by atoms with van der Waals surface area (Å²) in [4.78, 5) is 11.3. The van der Waals surface area contributed by atoms with Crippen LogP contribution in [0, 0.1) is 13.8 Å². The summed E-state index contributed by atoms with van der Waals surface area (Å²) in [6, 6.07) is 3.94. The van der Waals surface area contributed by atoms with E-state index >= 15 is 0 Å². The molecular weight excluding hydrogens is 330 g/mol. The van der Waals surface area contributed by atoms with Crippen molar-refractivity contribution in [1.29, 1.82) is 0 Å². The summed E-state index contributed by atoms with van der Waals surface area (Å²) < 4.78 is 30.6. The van der Waals surface area contributed by atoms with Gasteiger partial charge in [-0.05, 0) is 56.7 Å². The van der Waals surface area contributed by atoms with Crippen LogP contribution in [0.4, 0.5) is 0 Å². The number of sulfonamides is 1. The van der Waals surface area contributed by atoms with Gasteiger partial charge in [-0.1, -0.05) is 12.1 Å². The van der Waals surface area contributed by atoms with Crippen LogP contribution in [0.5, 0.6) is 5.75 Å². The van der Waals surface area contributed by atoms with E-state index in [0.29, 0.717) is 18.8 Å². The molecule has 0 spiro atoms. The molecule has 7 heteroatoms. The molecule has 1 aliphatic heterocycles. The fourth-order valence-corrected chi connectivity index (χ4v) is 3.87. The zero-order valence-electron chi connectivity index (χ0n) is 14.8. The number of nitrogens with zero attached hydrogens (tertiary/aromatic N) is 1. The number of aryl methyl sites for hydroxylation is 2. The molecule has 0 radical (unpaired) electrons. The lowest BCUT2D eigenvalue weighted by Crippen LogP contribution is -2.38. The highest BCUT2D eigenvalue weighted by Crippen LogP contribution is 2.34. The lowest BCUT2D eigenvalue weighted by molar-refractivity contribution is -0.152. The molecule has 1 fully saturated rings. The predicted molar refractivity (Wildman–Crippen MR) is 92.0 cm³/mol. The molecule has 0 saturated carbocycles. The third-order valence-electron chi connectivity index (χ3n) is 4.45. The van der Waals surface area contributed by atoms with Crippen LogP contribution in [0.25, 0.3) is 0 Å². The molecule has 1 aliphatic rings. The third kappa shape index (κ3) is 3.89. The number of carbonyl (C=O) groups is 1. The highest BCUT2D eigenvalue weighted by Gasteiger charge is 2.32. The fraction of sp³-hybridized carbons (Fsp3) is 0.588. The van der Waals surface area contributed by atoms with Gasteiger partial charge in [-0.25, -0.2) is 17.5 Å². The Hall–Kier alpha value is -1.60. The molecule has 1 aromatic carbocycles. The molecule has 2 rings (SSSR count). The zero-order chi connectivity index (χ0) is 18.3. The number of carboxylic acids is 1. The van der Waals surface area contributed by atoms with Crippen molar-refractivity contribution in [3.63, 3.8) is 0 Å². The van der Waals surface area contributed by atoms with Gasteiger partial charge in [-0.3, -0.25) is 0 Å². The minimum atomic E-state index is -3.16. The second-order valence-electron chi connectivity index (χ2n) is 7.01. The van der Waals surface area contributed by atoms with Gasteiger partial charge in [-0.15, -0.1) is 0 Å². The molecule has 1 unspecified atom stereocenters. The van der Waals surface area contributed by atoms with Gasteiger partial charge >= 0.3 is 5.97 Å². The van der Waals surface area contributed by atoms with Crippen molar-refractivity contribution in [3.8, 4) is 5.75 Å². The Balaban J connectivity index is 2.26. The maximum atomic E-state index is 11.7. The lowest BCUT2D eigenvalue weighted by Gasteiger charge is -2.25. The maximum absolute atomic E-state index is 11.7. The average Bonchev–Trinajstić information content (AvgIpc) is 2.92. The SMILES string of the molecule is Cc1cc(C2CCN(S(C)(=O)=O)C2)cc(C)c1OC(C)(C)C(=O)O. The van der Waals surface area contributed by atoms with Gasteiger partial charge in [0.15, 0.2) is 5.60 Å². The molecule has 1 aromatic rings. The normalized spacial score (nSPS) is 19.5. The lowest BCUT2D eigenvalue weighted by atomic mass is 9.94. The Kier molecular flexibility index (Phi) is 4.97. The average molecular weight is 355 g/mol. The molecule has 6 nitrogen and oxygen atoms in total. The second kappa shape index (κ2) is 6.37. The Morgan fingerprint density at radius 2 is 1.83 bits per heavy atom. The molecular formula is C17H25NO5S. The first kappa shape index (κ1) is 18.7. The minimum Gasteiger partial charge on any atom is -0.478 e. The number of carboxylic acid groups (broad SMARTS) is 1. The van der Waals surface area contributed by atoms with Gasteiger partial charge in [0.05, 0.1) is 6.26 Å². The molecule has 1 N–H and O–H groups in total. The Morgan fingerprint density at radius 1 is 1.29 bits per heavy atom. The van der Waals surface area contributed by atoms with Crippen LogP contribution >= 0.6 is 0 Å². The van der Waals surface area contributed by atoms with Gasteiger partial charge in [0.1, 0.15) is 5.75 Å². The molecule has 134 valence electrons. The number of hydrogen-bond donors (Lipinski definition) is 1. The number of aliphatic carboxylic acids is 1. The first-order valence-electron chi connectivity index (χ1n) is 7.90. The zero-order valence-corrected chi connectivity index (χ0v) is 15.6. The molecule has 24 heavy (non-hydrogen) atoms. The van der Waals surface area contributed by atoms with E-state index in [1.807, 2.05) is 26.0 Å². The molecule has 1 atom stereocenters. The van der Waals surface area contributed by atoms with Crippen molar-refractivity contribution >= 4 is 16.0 Å². The van der Waals surface area contributed by atoms with Gasteiger partial charge in [0.2, 0.25) is 10.0 Å². The first-order valence-corrected chi connectivity index (χ1v) is 9.75. The Morgan fingerprint density at radius 3 is 2.25 bits per heavy atom. The topological polar surface area (TPSA) is 83.9 Å². The van der Waals surface area contributed by atoms with Crippen molar-refractivity contribution in [2.75, 3.05) is 19.3 Å². The molecule has 0 amide bonds. The van der Waals surface area contributed by atoms with E-state index < -0.39 is 21.6 Å². The standard InChI is InChI=1S/C17H25NO5S/c1-11-8-14(13-6-7-18(10-13)24(5,21)22)9-12(2)15(11)23-17(3,4)16(19)20/h8-9,13H,6-7,10H2,1-5H3,(H,19,20). The number of hydrogen-bond acceptors (Lipinski definition) is 4. The molecule has 0 bridgehead atoms. The van der Waals surface area contributed by atoms with Crippen molar-refractivity contribution < 1.29 is 23.1 Å². The maximum Gasteiger partial charge on any atom is 0.347 e. The van der Waals surface area contributed by atoms with E-state index in [4.69, 9.17) is 4.74 Å². The van der Waals surface area contributed by atoms with E-state index in [-0.39, 0.29) is 5.92 Å². The van der Waals surface area contributed by atoms with E-state index in [2.05, 4.69) is 0 Å². The van der Waals surface area contributed by atoms with E-state index in [1.165, 1.54) is 24.4 Å². The summed E-state index contributed by atoms with van der Waals surface area (Å²) in [6.45, 7) is 7.82. The Bertz CT molecular complexity index is 731. The monoisotopic (exact) mass is 355 g/mol. The van der Waals surface area contributed by atoms with Gasteiger partial charge in [-0.2, -0.15) is 0 Å². The van der Waals surface area contributed by atoms with Crippen LogP contribution < -0.4 is 4.74 Å². The largest absolute Gasteiger partial charge is 0.478 e. The molecule has 0 aromatic heterocycles. The highest BCUT2D eigenvalue weighted by molar-refractivity contribution is 7.88. The summed E-state index contributed by atoms with van der Waals surface area (Å²) in [7, 11) is -3.16. The summed E-state index contributed by atoms with van der Waals surface area (Å²) >= 11 is 0. The number of rotatable bonds is 5. The third-order valence-corrected chi connectivity index (χ3v) is 5.72. The van der Waals surface area contributed by atoms with Crippen LogP contribution in [-0.2, 0) is 14.8 Å². The van der Waals surface area contributed by atoms with Crippen LogP contribution in [0.15, 0.2) is 12.1 Å². The summed E-state index contributed by atoms with van der Waals surface area (Å²) in [5.41, 5.74) is 1.48. The van der Waals surface area contributed by atoms with Crippen LogP contribution in [0.2, 0.25) is 0 Å². The van der Waals surface area contributed by atoms with Crippen molar-refractivity contribution in [3.05, 3.63) is 28.8 Å². The van der Waals surface area contributed by atoms with Crippen LogP contribution in [-0.4, -0.2) is 48.7 Å². The van der Waals surface area contributed by atoms with Crippen LogP contribution in [0.3, 0.4) is 0 Å². The number of benzene rings is 1. The van der Waals surface area contributed by atoms with Crippen molar-refractivity contribution in [1.82, 2.24) is 4.31 Å². The van der Waals surface area contributed by atoms with E-state index in [9.17, 15) is 18.3 Å². The van der Waals surface area contributed by atoms with Crippen molar-refractivity contribution in [2.45, 2.75) is 45.6 Å². The second-order valence-corrected chi connectivity index (χ2v) is 8.99. The van der Waals surface area contributed by atoms with Gasteiger partial charge in [0, 0.05) is 13.1 Å². The summed E-state index contributed by atoms with van der Waals surface area (Å²) in [5, 5.41) is 9.23. The van der Waals surface area contributed by atoms with Crippen LogP contribution in [0.1, 0.15) is 42.9 Å². The minimum absolute atomic E-state index is 0.152. The van der Waals surface area contributed by atoms with Gasteiger partial charge < -0.3 is 9.84 Å².